The summed E-state index contributed by atoms with van der Waals surface area (Å²) in [5, 5.41) is 18.5. The van der Waals surface area contributed by atoms with Gasteiger partial charge in [-0.05, 0) is 31.9 Å². The summed E-state index contributed by atoms with van der Waals surface area (Å²) in [5.74, 6) is 5.59. The molecule has 1 fully saturated rings. The van der Waals surface area contributed by atoms with Crippen LogP contribution in [0.2, 0.25) is 0 Å². The molecule has 4 heteroatoms. The Hall–Kier alpha value is -0.860. The number of aliphatic hydroxyl groups excluding tert-OH is 1. The number of likely N-dealkylation sites (tertiary alicyclic amines) is 1. The van der Waals surface area contributed by atoms with Crippen molar-refractivity contribution in [3.63, 3.8) is 0 Å². The van der Waals surface area contributed by atoms with Crippen LogP contribution in [0.4, 0.5) is 0 Å². The van der Waals surface area contributed by atoms with Crippen LogP contribution in [0.3, 0.4) is 0 Å². The fourth-order valence-corrected chi connectivity index (χ4v) is 2.99. The number of nitrogens with zero attached hydrogens (tertiary/aromatic N) is 1. The van der Waals surface area contributed by atoms with Gasteiger partial charge in [0.15, 0.2) is 0 Å². The molecule has 1 aliphatic rings. The number of piperidine rings is 1. The molecule has 0 aliphatic carbocycles. The first-order chi connectivity index (χ1) is 8.59. The lowest BCUT2D eigenvalue weighted by Gasteiger charge is -2.35. The van der Waals surface area contributed by atoms with Gasteiger partial charge in [0, 0.05) is 24.5 Å². The predicted molar refractivity (Wildman–Crippen MR) is 73.4 cm³/mol. The zero-order valence-corrected chi connectivity index (χ0v) is 11.5. The minimum absolute atomic E-state index is 0.0888. The summed E-state index contributed by atoms with van der Waals surface area (Å²) in [4.78, 5) is 4.66. The van der Waals surface area contributed by atoms with Gasteiger partial charge in [0.05, 0.1) is 10.5 Å². The van der Waals surface area contributed by atoms with Gasteiger partial charge in [-0.3, -0.25) is 4.90 Å². The Labute approximate surface area is 112 Å². The summed E-state index contributed by atoms with van der Waals surface area (Å²) in [6, 6.07) is 4.10. The molecule has 2 N–H and O–H groups in total. The average Bonchev–Trinajstić information content (AvgIpc) is 2.77. The van der Waals surface area contributed by atoms with Gasteiger partial charge < -0.3 is 10.2 Å². The smallest absolute Gasteiger partial charge is 0.104 e. The van der Waals surface area contributed by atoms with Crippen LogP contribution in [0.15, 0.2) is 12.1 Å². The van der Waals surface area contributed by atoms with Gasteiger partial charge in [0.25, 0.3) is 0 Å². The highest BCUT2D eigenvalue weighted by Crippen LogP contribution is 2.24. The van der Waals surface area contributed by atoms with Crippen LogP contribution < -0.4 is 0 Å². The van der Waals surface area contributed by atoms with E-state index in [-0.39, 0.29) is 6.61 Å². The van der Waals surface area contributed by atoms with E-state index in [2.05, 4.69) is 22.8 Å². The maximum absolute atomic E-state index is 9.89. The molecule has 18 heavy (non-hydrogen) atoms. The highest BCUT2D eigenvalue weighted by molar-refractivity contribution is 7.12. The molecule has 1 aromatic rings. The van der Waals surface area contributed by atoms with Crippen molar-refractivity contribution in [2.45, 2.75) is 31.9 Å². The molecule has 0 saturated carbocycles. The molecule has 1 saturated heterocycles. The summed E-state index contributed by atoms with van der Waals surface area (Å²) in [7, 11) is 0. The minimum Gasteiger partial charge on any atom is -0.390 e. The molecule has 3 nitrogen and oxygen atoms in total. The van der Waals surface area contributed by atoms with Gasteiger partial charge in [-0.1, -0.05) is 11.8 Å². The van der Waals surface area contributed by atoms with Crippen LogP contribution >= 0.6 is 11.3 Å². The van der Waals surface area contributed by atoms with Crippen LogP contribution in [-0.2, 0) is 6.54 Å². The molecule has 1 aliphatic heterocycles. The molecule has 0 spiro atoms. The molecule has 98 valence electrons. The quantitative estimate of drug-likeness (QED) is 0.795. The summed E-state index contributed by atoms with van der Waals surface area (Å²) in [5.41, 5.74) is -0.482. The average molecular weight is 265 g/mol. The molecule has 2 heterocycles. The fourth-order valence-electron chi connectivity index (χ4n) is 2.07. The van der Waals surface area contributed by atoms with Crippen molar-refractivity contribution in [1.29, 1.82) is 0 Å². The summed E-state index contributed by atoms with van der Waals surface area (Å²) >= 11 is 1.68. The van der Waals surface area contributed by atoms with Crippen molar-refractivity contribution in [2.24, 2.45) is 0 Å². The van der Waals surface area contributed by atoms with E-state index in [0.717, 1.165) is 37.4 Å². The molecule has 2 rings (SSSR count). The van der Waals surface area contributed by atoms with Crippen LogP contribution in [0.25, 0.3) is 0 Å². The lowest BCUT2D eigenvalue weighted by atomic mass is 9.94. The van der Waals surface area contributed by atoms with E-state index in [0.29, 0.717) is 0 Å². The van der Waals surface area contributed by atoms with Crippen molar-refractivity contribution in [1.82, 2.24) is 4.90 Å². The van der Waals surface area contributed by atoms with Gasteiger partial charge in [-0.15, -0.1) is 11.3 Å². The molecule has 0 unspecified atom stereocenters. The Kier molecular flexibility index (Phi) is 4.41. The van der Waals surface area contributed by atoms with Crippen molar-refractivity contribution in [3.8, 4) is 11.8 Å². The number of rotatable bonds is 2. The summed E-state index contributed by atoms with van der Waals surface area (Å²) < 4.78 is 0. The van der Waals surface area contributed by atoms with E-state index >= 15 is 0 Å². The zero-order valence-electron chi connectivity index (χ0n) is 10.6. The second-order valence-corrected chi connectivity index (χ2v) is 6.17. The fraction of sp³-hybridized carbons (Fsp3) is 0.571. The van der Waals surface area contributed by atoms with Crippen LogP contribution in [0.1, 0.15) is 29.5 Å². The van der Waals surface area contributed by atoms with E-state index in [1.807, 2.05) is 13.0 Å². The second-order valence-electron chi connectivity index (χ2n) is 5.00. The number of hydrogen-bond donors (Lipinski definition) is 2. The van der Waals surface area contributed by atoms with E-state index in [1.54, 1.807) is 11.3 Å². The van der Waals surface area contributed by atoms with Crippen molar-refractivity contribution in [3.05, 3.63) is 21.9 Å². The van der Waals surface area contributed by atoms with Crippen LogP contribution in [0.5, 0.6) is 0 Å². The van der Waals surface area contributed by atoms with Gasteiger partial charge in [-0.25, -0.2) is 0 Å². The predicted octanol–water partition coefficient (Wildman–Crippen LogP) is 1.44. The lowest BCUT2D eigenvalue weighted by molar-refractivity contribution is -0.00706. The Balaban J connectivity index is 1.88. The number of thiophene rings is 1. The maximum atomic E-state index is 9.89. The third kappa shape index (κ3) is 3.82. The Morgan fingerprint density at radius 1 is 1.39 bits per heavy atom. The molecule has 1 aromatic heterocycles. The van der Waals surface area contributed by atoms with E-state index < -0.39 is 5.60 Å². The summed E-state index contributed by atoms with van der Waals surface area (Å²) in [6.07, 6.45) is 1.69. The first kappa shape index (κ1) is 13.6. The topological polar surface area (TPSA) is 43.7 Å². The monoisotopic (exact) mass is 265 g/mol. The maximum Gasteiger partial charge on any atom is 0.104 e. The molecular formula is C14H19NO2S. The minimum atomic E-state index is -0.482. The normalized spacial score (nSPS) is 19.3. The first-order valence-electron chi connectivity index (χ1n) is 6.22. The number of aliphatic hydroxyl groups is 2. The highest BCUT2D eigenvalue weighted by atomic mass is 32.1. The third-order valence-electron chi connectivity index (χ3n) is 3.26. The van der Waals surface area contributed by atoms with Crippen LogP contribution in [-0.4, -0.2) is 40.4 Å². The van der Waals surface area contributed by atoms with E-state index in [9.17, 15) is 5.11 Å². The Morgan fingerprint density at radius 2 is 2.11 bits per heavy atom. The molecule has 0 aromatic carbocycles. The van der Waals surface area contributed by atoms with Gasteiger partial charge in [0.1, 0.15) is 6.61 Å². The molecular weight excluding hydrogens is 246 g/mol. The first-order valence-corrected chi connectivity index (χ1v) is 7.04. The molecule has 0 amide bonds. The molecule has 0 radical (unpaired) electrons. The van der Waals surface area contributed by atoms with Crippen molar-refractivity contribution < 1.29 is 10.2 Å². The van der Waals surface area contributed by atoms with Crippen molar-refractivity contribution >= 4 is 11.3 Å². The lowest BCUT2D eigenvalue weighted by Crippen LogP contribution is -2.41. The largest absolute Gasteiger partial charge is 0.390 e. The number of hydrogen-bond acceptors (Lipinski definition) is 4. The van der Waals surface area contributed by atoms with Crippen molar-refractivity contribution in [2.75, 3.05) is 19.7 Å². The molecule has 0 atom stereocenters. The standard InChI is InChI=1S/C14H19NO2S/c1-14(17)6-8-15(9-7-14)11-13-5-4-12(18-13)3-2-10-16/h4-5,16-17H,6-11H2,1H3. The molecule has 0 bridgehead atoms. The summed E-state index contributed by atoms with van der Waals surface area (Å²) in [6.45, 7) is 4.65. The van der Waals surface area contributed by atoms with Gasteiger partial charge >= 0.3 is 0 Å². The van der Waals surface area contributed by atoms with E-state index in [1.165, 1.54) is 4.88 Å². The zero-order chi connectivity index (χ0) is 13.0. The Bertz CT molecular complexity index is 446. The SMILES string of the molecule is CC1(O)CCN(Cc2ccc(C#CCO)s2)CC1. The second kappa shape index (κ2) is 5.85. The third-order valence-corrected chi connectivity index (χ3v) is 4.25. The highest BCUT2D eigenvalue weighted by Gasteiger charge is 2.27. The van der Waals surface area contributed by atoms with Gasteiger partial charge in [0.2, 0.25) is 0 Å². The van der Waals surface area contributed by atoms with E-state index in [4.69, 9.17) is 5.11 Å². The van der Waals surface area contributed by atoms with Crippen LogP contribution in [0, 0.1) is 11.8 Å². The van der Waals surface area contributed by atoms with Gasteiger partial charge in [-0.2, -0.15) is 0 Å². The Morgan fingerprint density at radius 3 is 2.78 bits per heavy atom.